The molecule has 1 aliphatic carbocycles. The van der Waals surface area contributed by atoms with Gasteiger partial charge in [-0.1, -0.05) is 19.3 Å². The van der Waals surface area contributed by atoms with E-state index in [4.69, 9.17) is 9.72 Å². The van der Waals surface area contributed by atoms with Gasteiger partial charge in [0.25, 0.3) is 0 Å². The van der Waals surface area contributed by atoms with Gasteiger partial charge < -0.3 is 20.1 Å². The summed E-state index contributed by atoms with van der Waals surface area (Å²) >= 11 is 0. The third kappa shape index (κ3) is 4.51. The van der Waals surface area contributed by atoms with Crippen LogP contribution in [0.25, 0.3) is 0 Å². The summed E-state index contributed by atoms with van der Waals surface area (Å²) in [6, 6.07) is 0.307. The van der Waals surface area contributed by atoms with Gasteiger partial charge in [0.2, 0.25) is 5.95 Å². The summed E-state index contributed by atoms with van der Waals surface area (Å²) in [5, 5.41) is 13.2. The minimum atomic E-state index is -1.05. The number of aliphatic carboxylic acids is 1. The van der Waals surface area contributed by atoms with Crippen LogP contribution in [-0.2, 0) is 14.9 Å². The fourth-order valence-corrected chi connectivity index (χ4v) is 3.97. The molecular weight excluding hydrogens is 344 g/mol. The number of nitrogens with zero attached hydrogens (tertiary/aromatic N) is 3. The molecule has 1 saturated carbocycles. The summed E-state index contributed by atoms with van der Waals surface area (Å²) in [7, 11) is 0. The first kappa shape index (κ1) is 19.9. The van der Waals surface area contributed by atoms with Crippen molar-refractivity contribution in [2.45, 2.75) is 64.3 Å². The maximum absolute atomic E-state index is 11.8. The maximum atomic E-state index is 11.8. The Morgan fingerprint density at radius 1 is 1.30 bits per heavy atom. The monoisotopic (exact) mass is 376 g/mol. The van der Waals surface area contributed by atoms with Crippen molar-refractivity contribution >= 4 is 17.7 Å². The molecule has 7 heteroatoms. The van der Waals surface area contributed by atoms with Crippen molar-refractivity contribution in [3.63, 3.8) is 0 Å². The van der Waals surface area contributed by atoms with Crippen molar-refractivity contribution in [2.75, 3.05) is 36.5 Å². The van der Waals surface area contributed by atoms with Gasteiger partial charge in [-0.15, -0.1) is 0 Å². The van der Waals surface area contributed by atoms with E-state index in [9.17, 15) is 9.90 Å². The Hall–Kier alpha value is -1.89. The summed E-state index contributed by atoms with van der Waals surface area (Å²) in [5.41, 5.74) is -0.408. The van der Waals surface area contributed by atoms with Crippen LogP contribution in [0.3, 0.4) is 0 Å². The van der Waals surface area contributed by atoms with Crippen LogP contribution in [0, 0.1) is 5.92 Å². The Morgan fingerprint density at radius 3 is 2.59 bits per heavy atom. The van der Waals surface area contributed by atoms with Crippen LogP contribution < -0.4 is 10.2 Å². The molecule has 0 unspecified atom stereocenters. The molecule has 1 aromatic heterocycles. The molecule has 0 bridgehead atoms. The fourth-order valence-electron chi connectivity index (χ4n) is 3.97. The Kier molecular flexibility index (Phi) is 6.19. The van der Waals surface area contributed by atoms with Gasteiger partial charge in [0.1, 0.15) is 5.82 Å². The zero-order chi connectivity index (χ0) is 19.4. The maximum Gasteiger partial charge on any atom is 0.313 e. The molecule has 27 heavy (non-hydrogen) atoms. The highest BCUT2D eigenvalue weighted by Gasteiger charge is 2.35. The predicted molar refractivity (Wildman–Crippen MR) is 105 cm³/mol. The normalized spacial score (nSPS) is 20.3. The van der Waals surface area contributed by atoms with Crippen molar-refractivity contribution in [3.8, 4) is 0 Å². The number of ether oxygens (including phenoxy) is 1. The summed E-state index contributed by atoms with van der Waals surface area (Å²) in [6.45, 7) is 8.26. The Labute approximate surface area is 161 Å². The van der Waals surface area contributed by atoms with E-state index in [1.165, 1.54) is 32.1 Å². The summed E-state index contributed by atoms with van der Waals surface area (Å²) in [6.07, 6.45) is 8.09. The van der Waals surface area contributed by atoms with E-state index in [1.807, 2.05) is 0 Å². The topological polar surface area (TPSA) is 87.6 Å². The molecule has 1 saturated heterocycles. The predicted octanol–water partition coefficient (Wildman–Crippen LogP) is 3.06. The molecule has 150 valence electrons. The van der Waals surface area contributed by atoms with Crippen molar-refractivity contribution in [2.24, 2.45) is 5.92 Å². The minimum absolute atomic E-state index is 0.307. The third-order valence-corrected chi connectivity index (χ3v) is 6.00. The van der Waals surface area contributed by atoms with Crippen LogP contribution in [0.5, 0.6) is 0 Å². The van der Waals surface area contributed by atoms with Gasteiger partial charge in [0, 0.05) is 30.9 Å². The van der Waals surface area contributed by atoms with Crippen LogP contribution in [0.1, 0.15) is 58.4 Å². The number of anilines is 2. The van der Waals surface area contributed by atoms with Gasteiger partial charge in [-0.25, -0.2) is 4.98 Å². The zero-order valence-corrected chi connectivity index (χ0v) is 16.7. The average Bonchev–Trinajstić information content (AvgIpc) is 2.69. The summed E-state index contributed by atoms with van der Waals surface area (Å²) in [4.78, 5) is 23.2. The number of carboxylic acids is 1. The van der Waals surface area contributed by atoms with Crippen molar-refractivity contribution in [1.82, 2.24) is 9.97 Å². The summed E-state index contributed by atoms with van der Waals surface area (Å²) in [5.74, 6) is 1.06. The van der Waals surface area contributed by atoms with E-state index in [-0.39, 0.29) is 0 Å². The molecule has 1 aromatic rings. The number of hydrogen-bond acceptors (Lipinski definition) is 6. The molecule has 3 rings (SSSR count). The highest BCUT2D eigenvalue weighted by molar-refractivity contribution is 5.82. The lowest BCUT2D eigenvalue weighted by atomic mass is 9.84. The number of nitrogens with one attached hydrogen (secondary N) is 1. The average molecular weight is 377 g/mol. The minimum Gasteiger partial charge on any atom is -0.481 e. The zero-order valence-electron chi connectivity index (χ0n) is 16.7. The Morgan fingerprint density at radius 2 is 1.96 bits per heavy atom. The van der Waals surface area contributed by atoms with E-state index in [2.05, 4.69) is 22.1 Å². The summed E-state index contributed by atoms with van der Waals surface area (Å²) < 4.78 is 5.45. The molecule has 2 fully saturated rings. The van der Waals surface area contributed by atoms with Crippen LogP contribution >= 0.6 is 0 Å². The molecule has 1 atom stereocenters. The SMILES string of the molecule is C[C@H](Nc1ncc(C(C)(C)C(=O)O)c(N2CCOCC2)n1)C1CCCCC1. The van der Waals surface area contributed by atoms with Gasteiger partial charge in [-0.2, -0.15) is 4.98 Å². The second-order valence-electron chi connectivity index (χ2n) is 8.29. The van der Waals surface area contributed by atoms with Crippen LogP contribution in [0.4, 0.5) is 11.8 Å². The first-order valence-electron chi connectivity index (χ1n) is 10.1. The van der Waals surface area contributed by atoms with Crippen LogP contribution in [0.2, 0.25) is 0 Å². The third-order valence-electron chi connectivity index (χ3n) is 6.00. The van der Waals surface area contributed by atoms with E-state index < -0.39 is 11.4 Å². The molecule has 1 aliphatic heterocycles. The van der Waals surface area contributed by atoms with Crippen molar-refractivity contribution in [1.29, 1.82) is 0 Å². The van der Waals surface area contributed by atoms with Gasteiger partial charge in [0.15, 0.2) is 0 Å². The van der Waals surface area contributed by atoms with Gasteiger partial charge in [0.05, 0.1) is 18.6 Å². The molecule has 0 radical (unpaired) electrons. The molecule has 0 amide bonds. The second kappa shape index (κ2) is 8.42. The van der Waals surface area contributed by atoms with Crippen LogP contribution in [-0.4, -0.2) is 53.4 Å². The standard InChI is InChI=1S/C20H32N4O3/c1-14(15-7-5-4-6-8-15)22-19-21-13-16(20(2,3)18(25)26)17(23-19)24-9-11-27-12-10-24/h13-15H,4-12H2,1-3H3,(H,25,26)(H,21,22,23)/t14-/m0/s1. The Bertz CT molecular complexity index is 653. The number of hydrogen-bond donors (Lipinski definition) is 2. The first-order chi connectivity index (χ1) is 12.9. The molecular formula is C20H32N4O3. The number of aromatic nitrogens is 2. The van der Waals surface area contributed by atoms with E-state index >= 15 is 0 Å². The molecule has 2 heterocycles. The number of rotatable bonds is 6. The number of carbonyl (C=O) groups is 1. The lowest BCUT2D eigenvalue weighted by Crippen LogP contribution is -2.40. The van der Waals surface area contributed by atoms with Gasteiger partial charge in [-0.05, 0) is 39.5 Å². The lowest BCUT2D eigenvalue weighted by molar-refractivity contribution is -0.142. The quantitative estimate of drug-likeness (QED) is 0.789. The Balaban J connectivity index is 1.86. The van der Waals surface area contributed by atoms with Crippen molar-refractivity contribution < 1.29 is 14.6 Å². The van der Waals surface area contributed by atoms with Crippen LogP contribution in [0.15, 0.2) is 6.20 Å². The second-order valence-corrected chi connectivity index (χ2v) is 8.29. The van der Waals surface area contributed by atoms with E-state index in [1.54, 1.807) is 20.0 Å². The molecule has 0 spiro atoms. The highest BCUT2D eigenvalue weighted by atomic mass is 16.5. The smallest absolute Gasteiger partial charge is 0.313 e. The number of morpholine rings is 1. The highest BCUT2D eigenvalue weighted by Crippen LogP contribution is 2.33. The van der Waals surface area contributed by atoms with Gasteiger partial charge in [-0.3, -0.25) is 4.79 Å². The first-order valence-corrected chi connectivity index (χ1v) is 10.1. The van der Waals surface area contributed by atoms with E-state index in [0.717, 1.165) is 0 Å². The van der Waals surface area contributed by atoms with Crippen molar-refractivity contribution in [3.05, 3.63) is 11.8 Å². The number of carboxylic acid groups (broad SMARTS) is 1. The lowest BCUT2D eigenvalue weighted by Gasteiger charge is -2.33. The van der Waals surface area contributed by atoms with E-state index in [0.29, 0.717) is 55.6 Å². The largest absolute Gasteiger partial charge is 0.481 e. The molecule has 7 nitrogen and oxygen atoms in total. The molecule has 2 N–H and O–H groups in total. The molecule has 0 aromatic carbocycles. The van der Waals surface area contributed by atoms with Gasteiger partial charge >= 0.3 is 5.97 Å². The molecule has 2 aliphatic rings. The fraction of sp³-hybridized carbons (Fsp3) is 0.750.